The summed E-state index contributed by atoms with van der Waals surface area (Å²) < 4.78 is 51.6. The van der Waals surface area contributed by atoms with E-state index in [1.54, 1.807) is 12.1 Å². The summed E-state index contributed by atoms with van der Waals surface area (Å²) in [5.41, 5.74) is 1.27. The first-order valence-corrected chi connectivity index (χ1v) is 10.1. The fraction of sp³-hybridized carbons (Fsp3) is 0.368. The number of halogens is 1. The van der Waals surface area contributed by atoms with Crippen molar-refractivity contribution in [1.82, 2.24) is 0 Å². The zero-order valence-corrected chi connectivity index (χ0v) is 15.5. The molecule has 0 aliphatic carbocycles. The van der Waals surface area contributed by atoms with Crippen molar-refractivity contribution in [2.24, 2.45) is 0 Å². The summed E-state index contributed by atoms with van der Waals surface area (Å²) in [7, 11) is -3.70. The number of anilines is 1. The van der Waals surface area contributed by atoms with Gasteiger partial charge in [-0.05, 0) is 67.8 Å². The molecule has 7 heteroatoms. The van der Waals surface area contributed by atoms with Gasteiger partial charge in [-0.25, -0.2) is 12.8 Å². The number of hydrogen-bond donors (Lipinski definition) is 0. The Bertz CT molecular complexity index is 852. The molecule has 26 heavy (non-hydrogen) atoms. The van der Waals surface area contributed by atoms with Gasteiger partial charge in [-0.2, -0.15) is 0 Å². The molecule has 5 nitrogen and oxygen atoms in total. The van der Waals surface area contributed by atoms with E-state index in [-0.39, 0.29) is 10.7 Å². The van der Waals surface area contributed by atoms with Crippen LogP contribution in [0.2, 0.25) is 0 Å². The molecule has 0 atom stereocenters. The first-order chi connectivity index (χ1) is 12.5. The lowest BCUT2D eigenvalue weighted by Gasteiger charge is -2.30. The molecule has 1 aliphatic heterocycles. The number of ether oxygens (including phenoxy) is 2. The summed E-state index contributed by atoms with van der Waals surface area (Å²) in [4.78, 5) is 0.187. The Labute approximate surface area is 153 Å². The Kier molecular flexibility index (Phi) is 5.78. The number of aryl methyl sites for hydroxylation is 1. The van der Waals surface area contributed by atoms with Gasteiger partial charge in [-0.1, -0.05) is 0 Å². The second-order valence-electron chi connectivity index (χ2n) is 5.97. The molecule has 0 spiro atoms. The van der Waals surface area contributed by atoms with Gasteiger partial charge in [-0.15, -0.1) is 0 Å². The number of fused-ring (bicyclic) bond motifs is 1. The predicted octanol–water partition coefficient (Wildman–Crippen LogP) is 3.38. The van der Waals surface area contributed by atoms with Crippen molar-refractivity contribution in [1.29, 1.82) is 0 Å². The number of benzene rings is 2. The third kappa shape index (κ3) is 3.99. The minimum Gasteiger partial charge on any atom is -0.491 e. The summed E-state index contributed by atoms with van der Waals surface area (Å²) in [6.45, 7) is 3.81. The summed E-state index contributed by atoms with van der Waals surface area (Å²) in [6.07, 6.45) is 1.33. The highest BCUT2D eigenvalue weighted by atomic mass is 32.2. The monoisotopic (exact) mass is 379 g/mol. The Morgan fingerprint density at radius 3 is 2.62 bits per heavy atom. The van der Waals surface area contributed by atoms with E-state index >= 15 is 0 Å². The molecule has 3 rings (SSSR count). The van der Waals surface area contributed by atoms with Crippen LogP contribution >= 0.6 is 0 Å². The molecule has 2 aromatic carbocycles. The molecule has 0 N–H and O–H groups in total. The van der Waals surface area contributed by atoms with Crippen LogP contribution in [0.15, 0.2) is 47.4 Å². The fourth-order valence-electron chi connectivity index (χ4n) is 2.98. The summed E-state index contributed by atoms with van der Waals surface area (Å²) in [6, 6.07) is 10.6. The predicted molar refractivity (Wildman–Crippen MR) is 97.7 cm³/mol. The van der Waals surface area contributed by atoms with E-state index in [0.717, 1.165) is 5.56 Å². The molecule has 0 amide bonds. The largest absolute Gasteiger partial charge is 0.491 e. The van der Waals surface area contributed by atoms with E-state index in [1.165, 1.54) is 34.6 Å². The van der Waals surface area contributed by atoms with Crippen LogP contribution in [-0.2, 0) is 21.2 Å². The molecule has 1 heterocycles. The van der Waals surface area contributed by atoms with Crippen molar-refractivity contribution in [3.8, 4) is 5.75 Å². The van der Waals surface area contributed by atoms with Crippen LogP contribution in [0.25, 0.3) is 0 Å². The standard InChI is InChI=1S/C19H22FNO4S/c1-2-24-12-13-25-17-6-8-18(9-7-17)26(22,23)21-11-3-4-15-14-16(20)5-10-19(15)21/h5-10,14H,2-4,11-13H2,1H3. The average molecular weight is 379 g/mol. The number of rotatable bonds is 7. The highest BCUT2D eigenvalue weighted by molar-refractivity contribution is 7.92. The number of nitrogens with zero attached hydrogens (tertiary/aromatic N) is 1. The molecule has 0 fully saturated rings. The van der Waals surface area contributed by atoms with Gasteiger partial charge in [0.05, 0.1) is 17.2 Å². The quantitative estimate of drug-likeness (QED) is 0.692. The van der Waals surface area contributed by atoms with Crippen molar-refractivity contribution in [2.75, 3.05) is 30.7 Å². The van der Waals surface area contributed by atoms with Crippen LogP contribution < -0.4 is 9.04 Å². The van der Waals surface area contributed by atoms with Crippen LogP contribution in [0.1, 0.15) is 18.9 Å². The highest BCUT2D eigenvalue weighted by Gasteiger charge is 2.29. The van der Waals surface area contributed by atoms with Crippen LogP contribution in [0.4, 0.5) is 10.1 Å². The molecule has 0 aromatic heterocycles. The van der Waals surface area contributed by atoms with E-state index < -0.39 is 10.0 Å². The van der Waals surface area contributed by atoms with Crippen molar-refractivity contribution in [3.05, 3.63) is 53.8 Å². The van der Waals surface area contributed by atoms with Gasteiger partial charge in [0.1, 0.15) is 18.2 Å². The van der Waals surface area contributed by atoms with E-state index in [0.29, 0.717) is 50.6 Å². The van der Waals surface area contributed by atoms with Crippen LogP contribution in [0, 0.1) is 5.82 Å². The van der Waals surface area contributed by atoms with Gasteiger partial charge in [0.25, 0.3) is 10.0 Å². The van der Waals surface area contributed by atoms with E-state index in [2.05, 4.69) is 0 Å². The van der Waals surface area contributed by atoms with Gasteiger partial charge in [0, 0.05) is 13.2 Å². The summed E-state index contributed by atoms with van der Waals surface area (Å²) in [5, 5.41) is 0. The Balaban J connectivity index is 1.79. The number of sulfonamides is 1. The van der Waals surface area contributed by atoms with Crippen molar-refractivity contribution in [3.63, 3.8) is 0 Å². The minimum atomic E-state index is -3.70. The van der Waals surface area contributed by atoms with E-state index in [4.69, 9.17) is 9.47 Å². The van der Waals surface area contributed by atoms with Crippen molar-refractivity contribution >= 4 is 15.7 Å². The highest BCUT2D eigenvalue weighted by Crippen LogP contribution is 2.32. The second kappa shape index (κ2) is 8.05. The average Bonchev–Trinajstić information content (AvgIpc) is 2.65. The molecular formula is C19H22FNO4S. The van der Waals surface area contributed by atoms with E-state index in [9.17, 15) is 12.8 Å². The van der Waals surface area contributed by atoms with Gasteiger partial charge in [0.2, 0.25) is 0 Å². The molecule has 0 bridgehead atoms. The maximum atomic E-state index is 13.4. The van der Waals surface area contributed by atoms with Gasteiger partial charge in [0.15, 0.2) is 0 Å². The second-order valence-corrected chi connectivity index (χ2v) is 7.83. The third-order valence-corrected chi connectivity index (χ3v) is 6.06. The first-order valence-electron chi connectivity index (χ1n) is 8.64. The van der Waals surface area contributed by atoms with Crippen molar-refractivity contribution in [2.45, 2.75) is 24.7 Å². The van der Waals surface area contributed by atoms with Gasteiger partial charge < -0.3 is 9.47 Å². The topological polar surface area (TPSA) is 55.8 Å². The summed E-state index contributed by atoms with van der Waals surface area (Å²) >= 11 is 0. The third-order valence-electron chi connectivity index (χ3n) is 4.23. The van der Waals surface area contributed by atoms with E-state index in [1.807, 2.05) is 6.92 Å². The van der Waals surface area contributed by atoms with Gasteiger partial charge in [-0.3, -0.25) is 4.31 Å². The maximum absolute atomic E-state index is 13.4. The molecular weight excluding hydrogens is 357 g/mol. The van der Waals surface area contributed by atoms with Gasteiger partial charge >= 0.3 is 0 Å². The number of hydrogen-bond acceptors (Lipinski definition) is 4. The molecule has 0 radical (unpaired) electrons. The van der Waals surface area contributed by atoms with Crippen LogP contribution in [-0.4, -0.2) is 34.8 Å². The smallest absolute Gasteiger partial charge is 0.264 e. The SMILES string of the molecule is CCOCCOc1ccc(S(=O)(=O)N2CCCc3cc(F)ccc32)cc1. The molecule has 1 aliphatic rings. The Morgan fingerprint density at radius 2 is 1.88 bits per heavy atom. The molecule has 140 valence electrons. The first kappa shape index (κ1) is 18.7. The fourth-order valence-corrected chi connectivity index (χ4v) is 4.52. The minimum absolute atomic E-state index is 0.187. The normalized spacial score (nSPS) is 14.2. The lowest BCUT2D eigenvalue weighted by molar-refractivity contribution is 0.110. The molecule has 2 aromatic rings. The molecule has 0 saturated carbocycles. The lowest BCUT2D eigenvalue weighted by Crippen LogP contribution is -2.35. The molecule has 0 saturated heterocycles. The maximum Gasteiger partial charge on any atom is 0.264 e. The zero-order valence-electron chi connectivity index (χ0n) is 14.7. The van der Waals surface area contributed by atoms with Crippen LogP contribution in [0.5, 0.6) is 5.75 Å². The Hall–Kier alpha value is -2.12. The zero-order chi connectivity index (χ0) is 18.6. The molecule has 0 unspecified atom stereocenters. The Morgan fingerprint density at radius 1 is 1.12 bits per heavy atom. The van der Waals surface area contributed by atoms with Crippen LogP contribution in [0.3, 0.4) is 0 Å². The summed E-state index contributed by atoms with van der Waals surface area (Å²) in [5.74, 6) is 0.237. The lowest BCUT2D eigenvalue weighted by atomic mass is 10.0. The van der Waals surface area contributed by atoms with Crippen molar-refractivity contribution < 1.29 is 22.3 Å².